The molecule has 0 aliphatic carbocycles. The third kappa shape index (κ3) is 3.88. The molecule has 3 aromatic rings. The number of nitrogens with zero attached hydrogens (tertiary/aromatic N) is 3. The fraction of sp³-hybridized carbons (Fsp3) is 0.409. The lowest BCUT2D eigenvalue weighted by Crippen LogP contribution is -2.36. The Labute approximate surface area is 169 Å². The highest BCUT2D eigenvalue weighted by atomic mass is 16.5. The van der Waals surface area contributed by atoms with Crippen molar-refractivity contribution in [2.75, 3.05) is 70.3 Å². The van der Waals surface area contributed by atoms with E-state index < -0.39 is 0 Å². The number of anilines is 2. The van der Waals surface area contributed by atoms with Gasteiger partial charge in [0.25, 0.3) is 0 Å². The Balaban J connectivity index is 1.78. The quantitative estimate of drug-likeness (QED) is 0.664. The molecule has 2 heterocycles. The summed E-state index contributed by atoms with van der Waals surface area (Å²) in [5.74, 6) is -0.0492. The minimum Gasteiger partial charge on any atom is -0.507 e. The summed E-state index contributed by atoms with van der Waals surface area (Å²) in [6.45, 7) is 4.55. The summed E-state index contributed by atoms with van der Waals surface area (Å²) < 4.78 is 11.5. The predicted octanol–water partition coefficient (Wildman–Crippen LogP) is 2.49. The van der Waals surface area contributed by atoms with Crippen LogP contribution in [0.15, 0.2) is 39.5 Å². The molecule has 1 aliphatic rings. The first-order chi connectivity index (χ1) is 13.9. The molecule has 0 radical (unpaired) electrons. The molecule has 0 spiro atoms. The average Bonchev–Trinajstić information content (AvgIpc) is 2.71. The van der Waals surface area contributed by atoms with E-state index in [0.29, 0.717) is 29.8 Å². The van der Waals surface area contributed by atoms with Gasteiger partial charge in [0.15, 0.2) is 0 Å². The van der Waals surface area contributed by atoms with Gasteiger partial charge in [0, 0.05) is 62.8 Å². The van der Waals surface area contributed by atoms with E-state index in [-0.39, 0.29) is 16.6 Å². The monoisotopic (exact) mass is 397 g/mol. The Hall–Kier alpha value is -2.77. The highest BCUT2D eigenvalue weighted by Crippen LogP contribution is 2.32. The molecule has 29 heavy (non-hydrogen) atoms. The zero-order chi connectivity index (χ0) is 20.5. The van der Waals surface area contributed by atoms with Gasteiger partial charge in [-0.3, -0.25) is 4.79 Å². The summed E-state index contributed by atoms with van der Waals surface area (Å²) >= 11 is 0. The average molecular weight is 397 g/mol. The molecule has 1 saturated heterocycles. The summed E-state index contributed by atoms with van der Waals surface area (Å²) in [6.07, 6.45) is 0. The highest BCUT2D eigenvalue weighted by molar-refractivity contribution is 5.95. The summed E-state index contributed by atoms with van der Waals surface area (Å²) in [7, 11) is 6.10. The van der Waals surface area contributed by atoms with E-state index >= 15 is 0 Å². The van der Waals surface area contributed by atoms with Crippen LogP contribution in [0.2, 0.25) is 0 Å². The molecule has 1 aromatic heterocycles. The number of fused-ring (bicyclic) bond motifs is 2. The molecule has 154 valence electrons. The van der Waals surface area contributed by atoms with Crippen molar-refractivity contribution in [1.29, 1.82) is 0 Å². The number of ether oxygens (including phenoxy) is 1. The smallest absolute Gasteiger partial charge is 0.204 e. The second kappa shape index (κ2) is 7.93. The van der Waals surface area contributed by atoms with Gasteiger partial charge in [-0.2, -0.15) is 0 Å². The van der Waals surface area contributed by atoms with Gasteiger partial charge in [0.1, 0.15) is 22.3 Å². The zero-order valence-electron chi connectivity index (χ0n) is 17.1. The Morgan fingerprint density at radius 1 is 1.03 bits per heavy atom. The summed E-state index contributed by atoms with van der Waals surface area (Å²) in [6, 6.07) is 9.06. The van der Waals surface area contributed by atoms with Crippen LogP contribution in [0.25, 0.3) is 21.9 Å². The van der Waals surface area contributed by atoms with Crippen LogP contribution < -0.4 is 15.2 Å². The van der Waals surface area contributed by atoms with E-state index in [9.17, 15) is 9.90 Å². The molecule has 0 bridgehead atoms. The number of benzene rings is 2. The van der Waals surface area contributed by atoms with Gasteiger partial charge >= 0.3 is 0 Å². The van der Waals surface area contributed by atoms with Gasteiger partial charge in [-0.05, 0) is 26.2 Å². The van der Waals surface area contributed by atoms with Gasteiger partial charge in [0.2, 0.25) is 5.43 Å². The van der Waals surface area contributed by atoms with Crippen molar-refractivity contribution < 1.29 is 14.3 Å². The first-order valence-corrected chi connectivity index (χ1v) is 9.86. The van der Waals surface area contributed by atoms with Crippen LogP contribution in [-0.4, -0.2) is 70.5 Å². The van der Waals surface area contributed by atoms with Crippen LogP contribution in [-0.2, 0) is 4.74 Å². The van der Waals surface area contributed by atoms with Gasteiger partial charge in [-0.1, -0.05) is 0 Å². The van der Waals surface area contributed by atoms with Crippen LogP contribution in [0.1, 0.15) is 0 Å². The zero-order valence-corrected chi connectivity index (χ0v) is 17.1. The lowest BCUT2D eigenvalue weighted by molar-refractivity contribution is 0.122. The molecule has 7 heteroatoms. The van der Waals surface area contributed by atoms with Crippen LogP contribution in [0.4, 0.5) is 11.4 Å². The van der Waals surface area contributed by atoms with E-state index in [1.807, 2.05) is 39.3 Å². The Bertz CT molecular complexity index is 1090. The molecular weight excluding hydrogens is 370 g/mol. The number of rotatable bonds is 5. The summed E-state index contributed by atoms with van der Waals surface area (Å²) in [5, 5.41) is 11.3. The molecule has 1 fully saturated rings. The van der Waals surface area contributed by atoms with E-state index in [1.165, 1.54) is 0 Å². The largest absolute Gasteiger partial charge is 0.507 e. The maximum Gasteiger partial charge on any atom is 0.204 e. The third-order valence-electron chi connectivity index (χ3n) is 5.42. The van der Waals surface area contributed by atoms with E-state index in [0.717, 1.165) is 37.6 Å². The molecule has 7 nitrogen and oxygen atoms in total. The van der Waals surface area contributed by atoms with Gasteiger partial charge < -0.3 is 29.0 Å². The number of morpholine rings is 1. The Morgan fingerprint density at radius 3 is 2.52 bits per heavy atom. The van der Waals surface area contributed by atoms with E-state index in [4.69, 9.17) is 9.15 Å². The molecule has 0 amide bonds. The minimum atomic E-state index is -0.213. The van der Waals surface area contributed by atoms with Crippen molar-refractivity contribution in [1.82, 2.24) is 4.90 Å². The Morgan fingerprint density at radius 2 is 1.79 bits per heavy atom. The second-order valence-electron chi connectivity index (χ2n) is 7.77. The van der Waals surface area contributed by atoms with Crippen molar-refractivity contribution in [3.63, 3.8) is 0 Å². The molecule has 0 unspecified atom stereocenters. The van der Waals surface area contributed by atoms with Crippen LogP contribution in [0.3, 0.4) is 0 Å². The lowest BCUT2D eigenvalue weighted by Gasteiger charge is -2.29. The maximum atomic E-state index is 13.0. The van der Waals surface area contributed by atoms with Crippen molar-refractivity contribution in [3.8, 4) is 5.75 Å². The van der Waals surface area contributed by atoms with E-state index in [2.05, 4.69) is 14.7 Å². The van der Waals surface area contributed by atoms with Crippen molar-refractivity contribution in [3.05, 3.63) is 40.6 Å². The van der Waals surface area contributed by atoms with Crippen LogP contribution >= 0.6 is 0 Å². The Kier molecular flexibility index (Phi) is 5.34. The van der Waals surface area contributed by atoms with Gasteiger partial charge in [-0.15, -0.1) is 0 Å². The SMILES string of the molecule is CN(C)CCN(C)c1ccc2c(=O)c3c(O)cc(N4CCOCC4)cc3oc2c1. The van der Waals surface area contributed by atoms with Crippen LogP contribution in [0, 0.1) is 0 Å². The van der Waals surface area contributed by atoms with Crippen LogP contribution in [0.5, 0.6) is 5.75 Å². The normalized spacial score (nSPS) is 14.8. The molecule has 1 N–H and O–H groups in total. The number of hydrogen-bond donors (Lipinski definition) is 1. The van der Waals surface area contributed by atoms with Gasteiger partial charge in [0.05, 0.1) is 18.6 Å². The predicted molar refractivity (Wildman–Crippen MR) is 117 cm³/mol. The first-order valence-electron chi connectivity index (χ1n) is 9.86. The second-order valence-corrected chi connectivity index (χ2v) is 7.77. The fourth-order valence-corrected chi connectivity index (χ4v) is 3.65. The molecule has 0 saturated carbocycles. The third-order valence-corrected chi connectivity index (χ3v) is 5.42. The number of phenolic OH excluding ortho intramolecular Hbond substituents is 1. The van der Waals surface area contributed by atoms with Crippen molar-refractivity contribution >= 4 is 33.3 Å². The first kappa shape index (κ1) is 19.5. The van der Waals surface area contributed by atoms with Crippen molar-refractivity contribution in [2.24, 2.45) is 0 Å². The number of hydrogen-bond acceptors (Lipinski definition) is 7. The number of aromatic hydroxyl groups is 1. The summed E-state index contributed by atoms with van der Waals surface area (Å²) in [4.78, 5) is 19.4. The summed E-state index contributed by atoms with van der Waals surface area (Å²) in [5.41, 5.74) is 2.53. The number of likely N-dealkylation sites (N-methyl/N-ethyl adjacent to an activating group) is 2. The highest BCUT2D eigenvalue weighted by Gasteiger charge is 2.18. The van der Waals surface area contributed by atoms with Gasteiger partial charge in [-0.25, -0.2) is 0 Å². The van der Waals surface area contributed by atoms with E-state index in [1.54, 1.807) is 12.1 Å². The van der Waals surface area contributed by atoms with Crippen molar-refractivity contribution in [2.45, 2.75) is 0 Å². The minimum absolute atomic E-state index is 0.0492. The molecule has 0 atom stereocenters. The topological polar surface area (TPSA) is 69.4 Å². The molecule has 1 aliphatic heterocycles. The molecular formula is C22H27N3O4. The fourth-order valence-electron chi connectivity index (χ4n) is 3.65. The maximum absolute atomic E-state index is 13.0. The number of phenols is 1. The molecule has 4 rings (SSSR count). The lowest BCUT2D eigenvalue weighted by atomic mass is 10.1. The standard InChI is InChI=1S/C22H27N3O4/c1-23(2)6-7-24(3)15-4-5-17-19(13-15)29-20-14-16(25-8-10-28-11-9-25)12-18(26)21(20)22(17)27/h4-5,12-14,26H,6-11H2,1-3H3. The molecule has 2 aromatic carbocycles.